The van der Waals surface area contributed by atoms with Gasteiger partial charge in [0.05, 0.1) is 25.4 Å². The van der Waals surface area contributed by atoms with E-state index in [9.17, 15) is 0 Å². The van der Waals surface area contributed by atoms with Crippen LogP contribution in [-0.2, 0) is 13.6 Å². The highest BCUT2D eigenvalue weighted by molar-refractivity contribution is 6.84. The van der Waals surface area contributed by atoms with Crippen molar-refractivity contribution >= 4 is 16.6 Å². The van der Waals surface area contributed by atoms with E-state index in [4.69, 9.17) is 13.6 Å². The standard InChI is InChI=1S/C22H46O3Si2/c1-19(2)17-23-21(5)13-11-15-27(10,25-26(7,8)9)16-12-14-22(6)24-18-20(3)4/h21-22H,1,3,11-18H2,2,4-10H3. The van der Waals surface area contributed by atoms with E-state index in [1.54, 1.807) is 0 Å². The average Bonchev–Trinajstić information content (AvgIpc) is 2.49. The van der Waals surface area contributed by atoms with E-state index in [0.717, 1.165) is 24.0 Å². The maximum atomic E-state index is 6.75. The highest BCUT2D eigenvalue weighted by atomic mass is 28.4. The van der Waals surface area contributed by atoms with Crippen LogP contribution >= 0.6 is 0 Å². The molecule has 0 aliphatic rings. The summed E-state index contributed by atoms with van der Waals surface area (Å²) in [6, 6.07) is 2.44. The zero-order valence-electron chi connectivity index (χ0n) is 19.5. The molecule has 0 aromatic rings. The maximum absolute atomic E-state index is 6.75. The molecular weight excluding hydrogens is 368 g/mol. The van der Waals surface area contributed by atoms with Crippen molar-refractivity contribution < 1.29 is 13.6 Å². The van der Waals surface area contributed by atoms with Gasteiger partial charge in [0.15, 0.2) is 16.6 Å². The van der Waals surface area contributed by atoms with E-state index >= 15 is 0 Å². The molecule has 0 rings (SSSR count). The van der Waals surface area contributed by atoms with Crippen LogP contribution in [-0.4, -0.2) is 42.1 Å². The molecule has 27 heavy (non-hydrogen) atoms. The van der Waals surface area contributed by atoms with Crippen molar-refractivity contribution in [3.63, 3.8) is 0 Å². The number of hydrogen-bond donors (Lipinski definition) is 0. The molecule has 0 aromatic carbocycles. The van der Waals surface area contributed by atoms with Crippen molar-refractivity contribution in [1.82, 2.24) is 0 Å². The van der Waals surface area contributed by atoms with Crippen LogP contribution in [0.2, 0.25) is 38.3 Å². The van der Waals surface area contributed by atoms with Crippen molar-refractivity contribution in [1.29, 1.82) is 0 Å². The number of rotatable bonds is 16. The summed E-state index contributed by atoms with van der Waals surface area (Å²) in [5.41, 5.74) is 2.18. The van der Waals surface area contributed by atoms with Gasteiger partial charge in [0.2, 0.25) is 0 Å². The first kappa shape index (κ1) is 26.8. The second kappa shape index (κ2) is 13.1. The molecule has 2 unspecified atom stereocenters. The van der Waals surface area contributed by atoms with E-state index < -0.39 is 16.6 Å². The Labute approximate surface area is 171 Å². The van der Waals surface area contributed by atoms with Crippen LogP contribution in [0.15, 0.2) is 24.3 Å². The molecule has 0 saturated carbocycles. The Hall–Kier alpha value is -0.206. The quantitative estimate of drug-likeness (QED) is 0.202. The molecule has 0 saturated heterocycles. The van der Waals surface area contributed by atoms with Gasteiger partial charge in [-0.1, -0.05) is 37.1 Å². The Morgan fingerprint density at radius 3 is 1.44 bits per heavy atom. The summed E-state index contributed by atoms with van der Waals surface area (Å²) in [5.74, 6) is 0. The summed E-state index contributed by atoms with van der Waals surface area (Å²) in [5, 5.41) is 0. The molecule has 0 heterocycles. The van der Waals surface area contributed by atoms with Crippen LogP contribution in [0.5, 0.6) is 0 Å². The van der Waals surface area contributed by atoms with Crippen LogP contribution in [0.1, 0.15) is 53.4 Å². The molecule has 3 nitrogen and oxygen atoms in total. The first-order valence-corrected chi connectivity index (χ1v) is 16.8. The number of hydrogen-bond acceptors (Lipinski definition) is 3. The highest BCUT2D eigenvalue weighted by Crippen LogP contribution is 2.28. The molecular formula is C22H46O3Si2. The Morgan fingerprint density at radius 2 is 1.15 bits per heavy atom. The summed E-state index contributed by atoms with van der Waals surface area (Å²) >= 11 is 0. The van der Waals surface area contributed by atoms with E-state index in [0.29, 0.717) is 25.4 Å². The van der Waals surface area contributed by atoms with Gasteiger partial charge >= 0.3 is 0 Å². The van der Waals surface area contributed by atoms with Crippen LogP contribution in [0.4, 0.5) is 0 Å². The zero-order chi connectivity index (χ0) is 21.1. The second-order valence-electron chi connectivity index (χ2n) is 9.61. The lowest BCUT2D eigenvalue weighted by molar-refractivity contribution is 0.0762. The zero-order valence-corrected chi connectivity index (χ0v) is 21.5. The molecule has 0 radical (unpaired) electrons. The molecule has 0 aromatic heterocycles. The Morgan fingerprint density at radius 1 is 0.778 bits per heavy atom. The molecule has 5 heteroatoms. The molecule has 0 aliphatic heterocycles. The third kappa shape index (κ3) is 16.5. The first-order chi connectivity index (χ1) is 12.3. The van der Waals surface area contributed by atoms with Gasteiger partial charge < -0.3 is 13.6 Å². The van der Waals surface area contributed by atoms with Crippen molar-refractivity contribution in [2.24, 2.45) is 0 Å². The summed E-state index contributed by atoms with van der Waals surface area (Å²) < 4.78 is 18.4. The molecule has 0 aliphatic carbocycles. The van der Waals surface area contributed by atoms with E-state index in [1.165, 1.54) is 24.9 Å². The SMILES string of the molecule is C=C(C)COC(C)CCC[Si](C)(CCCC(C)OCC(=C)C)O[Si](C)(C)C. The van der Waals surface area contributed by atoms with E-state index in [-0.39, 0.29) is 0 Å². The van der Waals surface area contributed by atoms with Crippen molar-refractivity contribution in [2.75, 3.05) is 13.2 Å². The third-order valence-electron chi connectivity index (χ3n) is 4.41. The molecule has 0 fully saturated rings. The fourth-order valence-corrected chi connectivity index (χ4v) is 12.1. The predicted molar refractivity (Wildman–Crippen MR) is 125 cm³/mol. The monoisotopic (exact) mass is 414 g/mol. The smallest absolute Gasteiger partial charge is 0.176 e. The largest absolute Gasteiger partial charge is 0.456 e. The fourth-order valence-electron chi connectivity index (χ4n) is 3.23. The molecule has 160 valence electrons. The van der Waals surface area contributed by atoms with Gasteiger partial charge in [0.25, 0.3) is 0 Å². The maximum Gasteiger partial charge on any atom is 0.176 e. The summed E-state index contributed by atoms with van der Waals surface area (Å²) in [6.07, 6.45) is 5.16. The lowest BCUT2D eigenvalue weighted by Gasteiger charge is -2.35. The fraction of sp³-hybridized carbons (Fsp3) is 0.818. The van der Waals surface area contributed by atoms with Gasteiger partial charge in [-0.05, 0) is 78.8 Å². The Kier molecular flexibility index (Phi) is 13.0. The van der Waals surface area contributed by atoms with E-state index in [1.807, 2.05) is 13.8 Å². The van der Waals surface area contributed by atoms with Crippen molar-refractivity contribution in [3.8, 4) is 0 Å². The normalized spacial score (nSPS) is 16.6. The van der Waals surface area contributed by atoms with Gasteiger partial charge in [0, 0.05) is 0 Å². The second-order valence-corrected chi connectivity index (χ2v) is 18.5. The first-order valence-electron chi connectivity index (χ1n) is 10.5. The minimum Gasteiger partial charge on any atom is -0.456 e. The Balaban J connectivity index is 4.45. The molecule has 0 amide bonds. The third-order valence-corrected chi connectivity index (χ3v) is 11.7. The molecule has 2 atom stereocenters. The van der Waals surface area contributed by atoms with Gasteiger partial charge in [-0.2, -0.15) is 0 Å². The van der Waals surface area contributed by atoms with Crippen LogP contribution < -0.4 is 0 Å². The minimum absolute atomic E-state index is 0.294. The molecule has 0 bridgehead atoms. The van der Waals surface area contributed by atoms with Crippen molar-refractivity contribution in [3.05, 3.63) is 24.3 Å². The van der Waals surface area contributed by atoms with Crippen LogP contribution in [0, 0.1) is 0 Å². The highest BCUT2D eigenvalue weighted by Gasteiger charge is 2.33. The average molecular weight is 415 g/mol. The topological polar surface area (TPSA) is 27.7 Å². The summed E-state index contributed by atoms with van der Waals surface area (Å²) in [6.45, 7) is 26.9. The van der Waals surface area contributed by atoms with Gasteiger partial charge in [0.1, 0.15) is 0 Å². The van der Waals surface area contributed by atoms with Crippen molar-refractivity contribution in [2.45, 2.75) is 104 Å². The van der Waals surface area contributed by atoms with E-state index in [2.05, 4.69) is 53.2 Å². The minimum atomic E-state index is -1.69. The summed E-state index contributed by atoms with van der Waals surface area (Å²) in [4.78, 5) is 0. The molecule has 0 N–H and O–H groups in total. The number of ether oxygens (including phenoxy) is 2. The van der Waals surface area contributed by atoms with Gasteiger partial charge in [-0.3, -0.25) is 0 Å². The van der Waals surface area contributed by atoms with Crippen LogP contribution in [0.25, 0.3) is 0 Å². The lowest BCUT2D eigenvalue weighted by atomic mass is 10.2. The molecule has 0 spiro atoms. The van der Waals surface area contributed by atoms with Gasteiger partial charge in [-0.15, -0.1) is 0 Å². The predicted octanol–water partition coefficient (Wildman–Crippen LogP) is 6.94. The summed E-state index contributed by atoms with van der Waals surface area (Å²) in [7, 11) is -3.22. The lowest BCUT2D eigenvalue weighted by Crippen LogP contribution is -2.44. The van der Waals surface area contributed by atoms with Gasteiger partial charge in [-0.25, -0.2) is 0 Å². The Bertz CT molecular complexity index is 413. The van der Waals surface area contributed by atoms with Crippen LogP contribution in [0.3, 0.4) is 0 Å².